The van der Waals surface area contributed by atoms with Gasteiger partial charge in [0.15, 0.2) is 0 Å². The molecule has 3 heteroatoms. The van der Waals surface area contributed by atoms with Crippen LogP contribution < -0.4 is 0 Å². The maximum absolute atomic E-state index is 12.0. The van der Waals surface area contributed by atoms with Crippen molar-refractivity contribution in [1.29, 1.82) is 0 Å². The van der Waals surface area contributed by atoms with E-state index in [1.165, 1.54) is 0 Å². The number of hydrogen-bond donors (Lipinski definition) is 0. The zero-order chi connectivity index (χ0) is 12.6. The monoisotopic (exact) mass is 232 g/mol. The van der Waals surface area contributed by atoms with Crippen molar-refractivity contribution in [2.45, 2.75) is 33.3 Å². The fourth-order valence-electron chi connectivity index (χ4n) is 1.74. The van der Waals surface area contributed by atoms with E-state index in [4.69, 9.17) is 9.15 Å². The van der Waals surface area contributed by atoms with E-state index >= 15 is 0 Å². The number of fused-ring (bicyclic) bond motifs is 1. The predicted octanol–water partition coefficient (Wildman–Crippen LogP) is 3.65. The quantitative estimate of drug-likeness (QED) is 0.704. The maximum atomic E-state index is 12.0. The maximum Gasteiger partial charge on any atom is 0.339 e. The average molecular weight is 232 g/mol. The summed E-state index contributed by atoms with van der Waals surface area (Å²) in [6.45, 7) is 7.43. The van der Waals surface area contributed by atoms with Crippen LogP contribution in [0.3, 0.4) is 0 Å². The Morgan fingerprint density at radius 1 is 1.35 bits per heavy atom. The minimum absolute atomic E-state index is 0.304. The van der Waals surface area contributed by atoms with Gasteiger partial charge in [0.2, 0.25) is 0 Å². The summed E-state index contributed by atoms with van der Waals surface area (Å²) < 4.78 is 10.7. The Balaban J connectivity index is 2.40. The van der Waals surface area contributed by atoms with Crippen molar-refractivity contribution in [2.75, 3.05) is 0 Å². The molecule has 3 nitrogen and oxygen atoms in total. The Morgan fingerprint density at radius 3 is 2.65 bits per heavy atom. The lowest BCUT2D eigenvalue weighted by atomic mass is 10.1. The topological polar surface area (TPSA) is 39.4 Å². The Morgan fingerprint density at radius 2 is 2.06 bits per heavy atom. The zero-order valence-corrected chi connectivity index (χ0v) is 10.5. The molecule has 2 rings (SSSR count). The smallest absolute Gasteiger partial charge is 0.339 e. The Kier molecular flexibility index (Phi) is 2.69. The molecular weight excluding hydrogens is 216 g/mol. The van der Waals surface area contributed by atoms with Crippen molar-refractivity contribution in [3.8, 4) is 11.3 Å². The number of ether oxygens (including phenoxy) is 1. The Hall–Kier alpha value is -1.77. The van der Waals surface area contributed by atoms with Crippen LogP contribution in [0, 0.1) is 6.92 Å². The number of hydrogen-bond acceptors (Lipinski definition) is 3. The first-order valence-corrected chi connectivity index (χ1v) is 5.58. The number of carbonyl (C=O) groups excluding carboxylic acids is 1. The Bertz CT molecular complexity index is 517. The second kappa shape index (κ2) is 3.91. The first-order chi connectivity index (χ1) is 7.88. The molecule has 0 aromatic rings. The fraction of sp³-hybridized carbons (Fsp3) is 0.357. The number of carbonyl (C=O) groups is 1. The van der Waals surface area contributed by atoms with Gasteiger partial charge in [0.1, 0.15) is 11.4 Å². The summed E-state index contributed by atoms with van der Waals surface area (Å²) in [6.07, 6.45) is 1.61. The minimum Gasteiger partial charge on any atom is -0.464 e. The van der Waals surface area contributed by atoms with Crippen molar-refractivity contribution in [3.63, 3.8) is 0 Å². The van der Waals surface area contributed by atoms with E-state index in [1.807, 2.05) is 39.8 Å². The third kappa shape index (κ3) is 2.33. The Labute approximate surface area is 101 Å². The summed E-state index contributed by atoms with van der Waals surface area (Å²) in [5.74, 6) is 0.440. The molecule has 1 heterocycles. The van der Waals surface area contributed by atoms with Gasteiger partial charge >= 0.3 is 5.97 Å². The number of rotatable bonds is 1. The average Bonchev–Trinajstić information content (AvgIpc) is 2.55. The zero-order valence-electron chi connectivity index (χ0n) is 10.5. The molecule has 1 aliphatic heterocycles. The molecule has 0 bridgehead atoms. The highest BCUT2D eigenvalue weighted by atomic mass is 16.6. The largest absolute Gasteiger partial charge is 0.464 e. The van der Waals surface area contributed by atoms with E-state index in [1.54, 1.807) is 12.3 Å². The van der Waals surface area contributed by atoms with E-state index in [9.17, 15) is 4.79 Å². The lowest BCUT2D eigenvalue weighted by Gasteiger charge is -2.19. The molecule has 0 atom stereocenters. The van der Waals surface area contributed by atoms with Gasteiger partial charge in [-0.15, -0.1) is 0 Å². The molecule has 0 unspecified atom stereocenters. The third-order valence-electron chi connectivity index (χ3n) is 2.47. The van der Waals surface area contributed by atoms with Crippen LogP contribution in [-0.4, -0.2) is 11.6 Å². The van der Waals surface area contributed by atoms with E-state index in [0.29, 0.717) is 5.56 Å². The molecule has 0 saturated carbocycles. The van der Waals surface area contributed by atoms with Crippen molar-refractivity contribution in [1.82, 2.24) is 0 Å². The first kappa shape index (κ1) is 11.7. The van der Waals surface area contributed by atoms with Crippen LogP contribution in [0.15, 0.2) is 28.9 Å². The summed E-state index contributed by atoms with van der Waals surface area (Å²) in [4.78, 5) is 12.0. The molecule has 2 aliphatic rings. The van der Waals surface area contributed by atoms with Crippen LogP contribution in [0.1, 0.15) is 36.7 Å². The van der Waals surface area contributed by atoms with Gasteiger partial charge < -0.3 is 9.15 Å². The van der Waals surface area contributed by atoms with Crippen LogP contribution >= 0.6 is 0 Å². The van der Waals surface area contributed by atoms with Crippen molar-refractivity contribution in [3.05, 3.63) is 35.6 Å². The molecule has 90 valence electrons. The van der Waals surface area contributed by atoms with Gasteiger partial charge in [0.05, 0.1) is 11.8 Å². The van der Waals surface area contributed by atoms with Crippen LogP contribution in [0.5, 0.6) is 0 Å². The first-order valence-electron chi connectivity index (χ1n) is 5.58. The summed E-state index contributed by atoms with van der Waals surface area (Å²) in [5, 5.41) is 0. The highest BCUT2D eigenvalue weighted by molar-refractivity contribution is 5.96. The summed E-state index contributed by atoms with van der Waals surface area (Å²) in [5.41, 5.74) is 1.84. The van der Waals surface area contributed by atoms with E-state index in [2.05, 4.69) is 0 Å². The second-order valence-corrected chi connectivity index (χ2v) is 5.08. The van der Waals surface area contributed by atoms with Gasteiger partial charge in [-0.05, 0) is 45.9 Å². The molecule has 0 aromatic heterocycles. The van der Waals surface area contributed by atoms with Crippen molar-refractivity contribution >= 4 is 5.97 Å². The van der Waals surface area contributed by atoms with Crippen LogP contribution in [0.25, 0.3) is 11.3 Å². The van der Waals surface area contributed by atoms with Gasteiger partial charge in [0, 0.05) is 11.1 Å². The molecule has 0 N–H and O–H groups in total. The predicted molar refractivity (Wildman–Crippen MR) is 65.2 cm³/mol. The lowest BCUT2D eigenvalue weighted by Crippen LogP contribution is -2.23. The summed E-state index contributed by atoms with van der Waals surface area (Å²) in [6, 6.07) is 5.53. The minimum atomic E-state index is -0.482. The highest BCUT2D eigenvalue weighted by Gasteiger charge is 2.24. The van der Waals surface area contributed by atoms with Gasteiger partial charge in [-0.1, -0.05) is 0 Å². The highest BCUT2D eigenvalue weighted by Crippen LogP contribution is 2.31. The molecule has 1 aliphatic carbocycles. The fourth-order valence-corrected chi connectivity index (χ4v) is 1.74. The molecule has 0 fully saturated rings. The van der Waals surface area contributed by atoms with Crippen molar-refractivity contribution in [2.24, 2.45) is 0 Å². The van der Waals surface area contributed by atoms with Gasteiger partial charge in [-0.3, -0.25) is 0 Å². The molecule has 0 spiro atoms. The van der Waals surface area contributed by atoms with E-state index in [-0.39, 0.29) is 5.97 Å². The summed E-state index contributed by atoms with van der Waals surface area (Å²) in [7, 11) is 0. The number of esters is 1. The van der Waals surface area contributed by atoms with Gasteiger partial charge in [-0.2, -0.15) is 0 Å². The molecule has 17 heavy (non-hydrogen) atoms. The van der Waals surface area contributed by atoms with Crippen LogP contribution in [0.4, 0.5) is 0 Å². The van der Waals surface area contributed by atoms with E-state index in [0.717, 1.165) is 16.9 Å². The van der Waals surface area contributed by atoms with Crippen molar-refractivity contribution < 1.29 is 13.9 Å². The second-order valence-electron chi connectivity index (χ2n) is 5.08. The molecule has 0 amide bonds. The van der Waals surface area contributed by atoms with Crippen LogP contribution in [0.2, 0.25) is 0 Å². The van der Waals surface area contributed by atoms with E-state index < -0.39 is 5.60 Å². The molecular formula is C14H16O3. The molecule has 0 saturated heterocycles. The third-order valence-corrected chi connectivity index (χ3v) is 2.47. The molecule has 0 aromatic carbocycles. The van der Waals surface area contributed by atoms with Gasteiger partial charge in [-0.25, -0.2) is 4.79 Å². The normalized spacial score (nSPS) is 11.8. The van der Waals surface area contributed by atoms with Crippen LogP contribution in [-0.2, 0) is 4.74 Å². The summed E-state index contributed by atoms with van der Waals surface area (Å²) >= 11 is 0. The molecule has 0 radical (unpaired) electrons. The lowest BCUT2D eigenvalue weighted by molar-refractivity contribution is 0.00692. The standard InChI is InChI=1S/C14H16O3/c1-9-11(13(15)17-14(2,3)4)8-10-6-5-7-16-12(9)10/h5-8H,1-4H3. The SMILES string of the molecule is Cc1c(C(=O)OC(C)(C)C)cc2cccoc1-2. The van der Waals surface area contributed by atoms with Gasteiger partial charge in [0.25, 0.3) is 0 Å².